The number of carbonyl (C=O) groups is 1. The van der Waals surface area contributed by atoms with Gasteiger partial charge in [-0.15, -0.1) is 0 Å². The van der Waals surface area contributed by atoms with E-state index >= 15 is 0 Å². The van der Waals surface area contributed by atoms with Gasteiger partial charge in [0.15, 0.2) is 0 Å². The fourth-order valence-corrected chi connectivity index (χ4v) is 3.30. The molecule has 2 rings (SSSR count). The minimum absolute atomic E-state index is 0.0391. The van der Waals surface area contributed by atoms with Crippen molar-refractivity contribution in [2.24, 2.45) is 11.7 Å². The van der Waals surface area contributed by atoms with Crippen LogP contribution in [0.25, 0.3) is 0 Å². The molecule has 0 fully saturated rings. The SMILES string of the molecule is CC(C)(OC(N)=O)[C@H](CCc1ccc([N+](=O)[O-])cc1)C[C@@H](O)c1ccccc1. The van der Waals surface area contributed by atoms with Crippen LogP contribution in [0, 0.1) is 16.0 Å². The number of carbonyl (C=O) groups excluding carboxylic acids is 1. The van der Waals surface area contributed by atoms with E-state index in [0.717, 1.165) is 11.1 Å². The van der Waals surface area contributed by atoms with Gasteiger partial charge in [-0.2, -0.15) is 0 Å². The molecule has 0 unspecified atom stereocenters. The highest BCUT2D eigenvalue weighted by Gasteiger charge is 2.34. The topological polar surface area (TPSA) is 116 Å². The van der Waals surface area contributed by atoms with Crippen LogP contribution >= 0.6 is 0 Å². The van der Waals surface area contributed by atoms with E-state index in [1.54, 1.807) is 26.0 Å². The lowest BCUT2D eigenvalue weighted by Gasteiger charge is -2.35. The molecule has 0 aromatic heterocycles. The van der Waals surface area contributed by atoms with E-state index in [1.807, 2.05) is 30.3 Å². The molecule has 0 aliphatic heterocycles. The number of nitrogens with zero attached hydrogens (tertiary/aromatic N) is 1. The summed E-state index contributed by atoms with van der Waals surface area (Å²) in [6.07, 6.45) is 0.0490. The molecule has 2 aromatic carbocycles. The monoisotopic (exact) mass is 386 g/mol. The van der Waals surface area contributed by atoms with Gasteiger partial charge in [0, 0.05) is 18.1 Å². The number of nitro benzene ring substituents is 1. The lowest BCUT2D eigenvalue weighted by molar-refractivity contribution is -0.384. The Morgan fingerprint density at radius 1 is 1.18 bits per heavy atom. The van der Waals surface area contributed by atoms with Crippen molar-refractivity contribution < 1.29 is 19.6 Å². The van der Waals surface area contributed by atoms with Crippen LogP contribution in [0.5, 0.6) is 0 Å². The number of benzene rings is 2. The van der Waals surface area contributed by atoms with Gasteiger partial charge >= 0.3 is 6.09 Å². The average Bonchev–Trinajstić information content (AvgIpc) is 2.64. The second-order valence-corrected chi connectivity index (χ2v) is 7.35. The van der Waals surface area contributed by atoms with Crippen LogP contribution in [0.2, 0.25) is 0 Å². The van der Waals surface area contributed by atoms with Gasteiger partial charge in [0.1, 0.15) is 5.60 Å². The number of nitrogens with two attached hydrogens (primary N) is 1. The Labute approximate surface area is 164 Å². The predicted molar refractivity (Wildman–Crippen MR) is 106 cm³/mol. The fraction of sp³-hybridized carbons (Fsp3) is 0.381. The van der Waals surface area contributed by atoms with Crippen molar-refractivity contribution in [1.82, 2.24) is 0 Å². The van der Waals surface area contributed by atoms with Crippen LogP contribution in [0.15, 0.2) is 54.6 Å². The molecule has 2 aromatic rings. The molecular weight excluding hydrogens is 360 g/mol. The summed E-state index contributed by atoms with van der Waals surface area (Å²) in [6.45, 7) is 3.55. The number of aryl methyl sites for hydroxylation is 1. The molecule has 150 valence electrons. The molecule has 0 saturated heterocycles. The second-order valence-electron chi connectivity index (χ2n) is 7.35. The Kier molecular flexibility index (Phi) is 7.12. The minimum atomic E-state index is -0.873. The molecule has 28 heavy (non-hydrogen) atoms. The Bertz CT molecular complexity index is 790. The molecule has 0 aliphatic rings. The molecule has 0 radical (unpaired) electrons. The standard InChI is InChI=1S/C21H26N2O5/c1-21(2,28-20(22)25)17(14-19(24)16-6-4-3-5-7-16)11-8-15-9-12-18(13-10-15)23(26)27/h3-7,9-10,12-13,17,19,24H,8,11,14H2,1-2H3,(H2,22,25)/t17-,19-/m1/s1. The van der Waals surface area contributed by atoms with Crippen LogP contribution in [0.4, 0.5) is 10.5 Å². The Hall–Kier alpha value is -2.93. The first-order chi connectivity index (χ1) is 13.2. The molecule has 0 spiro atoms. The number of ether oxygens (including phenoxy) is 1. The number of rotatable bonds is 9. The average molecular weight is 386 g/mol. The normalized spacial score (nSPS) is 13.5. The van der Waals surface area contributed by atoms with Gasteiger partial charge in [0.25, 0.3) is 5.69 Å². The summed E-state index contributed by atoms with van der Waals surface area (Å²) >= 11 is 0. The second kappa shape index (κ2) is 9.32. The highest BCUT2D eigenvalue weighted by Crippen LogP contribution is 2.34. The fourth-order valence-electron chi connectivity index (χ4n) is 3.30. The molecular formula is C21H26N2O5. The smallest absolute Gasteiger partial charge is 0.405 e. The van der Waals surface area contributed by atoms with Gasteiger partial charge < -0.3 is 15.6 Å². The van der Waals surface area contributed by atoms with Crippen molar-refractivity contribution in [2.45, 2.75) is 44.8 Å². The Morgan fingerprint density at radius 2 is 1.79 bits per heavy atom. The van der Waals surface area contributed by atoms with Crippen molar-refractivity contribution in [2.75, 3.05) is 0 Å². The summed E-state index contributed by atoms with van der Waals surface area (Å²) in [4.78, 5) is 21.7. The van der Waals surface area contributed by atoms with Crippen molar-refractivity contribution in [3.8, 4) is 0 Å². The first-order valence-corrected chi connectivity index (χ1v) is 9.14. The predicted octanol–water partition coefficient (Wildman–Crippen LogP) is 4.14. The van der Waals surface area contributed by atoms with E-state index < -0.39 is 22.7 Å². The molecule has 7 heteroatoms. The van der Waals surface area contributed by atoms with E-state index in [2.05, 4.69) is 0 Å². The van der Waals surface area contributed by atoms with Crippen LogP contribution in [0.3, 0.4) is 0 Å². The number of primary amides is 1. The van der Waals surface area contributed by atoms with Crippen LogP contribution in [-0.2, 0) is 11.2 Å². The van der Waals surface area contributed by atoms with Gasteiger partial charge in [-0.1, -0.05) is 42.5 Å². The largest absolute Gasteiger partial charge is 0.443 e. The lowest BCUT2D eigenvalue weighted by Crippen LogP contribution is -2.39. The molecule has 0 saturated carbocycles. The molecule has 7 nitrogen and oxygen atoms in total. The van der Waals surface area contributed by atoms with Gasteiger partial charge in [-0.25, -0.2) is 4.79 Å². The van der Waals surface area contributed by atoms with E-state index in [9.17, 15) is 20.0 Å². The first-order valence-electron chi connectivity index (χ1n) is 9.14. The third-order valence-electron chi connectivity index (χ3n) is 4.97. The lowest BCUT2D eigenvalue weighted by atomic mass is 9.80. The Balaban J connectivity index is 2.13. The van der Waals surface area contributed by atoms with Crippen molar-refractivity contribution in [3.05, 3.63) is 75.8 Å². The number of non-ortho nitro benzene ring substituents is 1. The zero-order chi connectivity index (χ0) is 20.7. The van der Waals surface area contributed by atoms with Gasteiger partial charge in [0.2, 0.25) is 0 Å². The third kappa shape index (κ3) is 6.06. The van der Waals surface area contributed by atoms with Gasteiger partial charge in [-0.05, 0) is 44.2 Å². The zero-order valence-corrected chi connectivity index (χ0v) is 16.1. The maximum absolute atomic E-state index is 11.3. The van der Waals surface area contributed by atoms with Crippen LogP contribution < -0.4 is 5.73 Å². The van der Waals surface area contributed by atoms with Crippen LogP contribution in [0.1, 0.15) is 43.9 Å². The maximum atomic E-state index is 11.3. The molecule has 0 bridgehead atoms. The number of aliphatic hydroxyl groups is 1. The Morgan fingerprint density at radius 3 is 2.32 bits per heavy atom. The number of nitro groups is 1. The van der Waals surface area contributed by atoms with Gasteiger partial charge in [0.05, 0.1) is 11.0 Å². The number of hydrogen-bond donors (Lipinski definition) is 2. The summed E-state index contributed by atoms with van der Waals surface area (Å²) in [5, 5.41) is 21.4. The van der Waals surface area contributed by atoms with E-state index in [1.165, 1.54) is 12.1 Å². The summed E-state index contributed by atoms with van der Waals surface area (Å²) in [6, 6.07) is 15.6. The van der Waals surface area contributed by atoms with Gasteiger partial charge in [-0.3, -0.25) is 10.1 Å². The van der Waals surface area contributed by atoms with Crippen molar-refractivity contribution in [3.63, 3.8) is 0 Å². The molecule has 1 amide bonds. The summed E-state index contributed by atoms with van der Waals surface area (Å²) in [7, 11) is 0. The summed E-state index contributed by atoms with van der Waals surface area (Å²) in [5.74, 6) is -0.176. The highest BCUT2D eigenvalue weighted by molar-refractivity contribution is 5.65. The maximum Gasteiger partial charge on any atom is 0.405 e. The number of aliphatic hydroxyl groups excluding tert-OH is 1. The van der Waals surface area contributed by atoms with E-state index in [0.29, 0.717) is 19.3 Å². The third-order valence-corrected chi connectivity index (χ3v) is 4.97. The summed E-state index contributed by atoms with van der Waals surface area (Å²) < 4.78 is 5.31. The minimum Gasteiger partial charge on any atom is -0.443 e. The van der Waals surface area contributed by atoms with Crippen LogP contribution in [-0.4, -0.2) is 21.7 Å². The molecule has 3 N–H and O–H groups in total. The molecule has 0 aliphatic carbocycles. The van der Waals surface area contributed by atoms with Crippen molar-refractivity contribution >= 4 is 11.8 Å². The summed E-state index contributed by atoms with van der Waals surface area (Å²) in [5.41, 5.74) is 6.11. The quantitative estimate of drug-likeness (QED) is 0.496. The highest BCUT2D eigenvalue weighted by atomic mass is 16.6. The molecule has 2 atom stereocenters. The number of hydrogen-bond acceptors (Lipinski definition) is 5. The molecule has 0 heterocycles. The van der Waals surface area contributed by atoms with E-state index in [4.69, 9.17) is 10.5 Å². The number of amides is 1. The van der Waals surface area contributed by atoms with Crippen molar-refractivity contribution in [1.29, 1.82) is 0 Å². The first kappa shape index (κ1) is 21.4. The zero-order valence-electron chi connectivity index (χ0n) is 16.1. The van der Waals surface area contributed by atoms with E-state index in [-0.39, 0.29) is 11.6 Å².